The van der Waals surface area contributed by atoms with Crippen LogP contribution >= 0.6 is 11.8 Å². The van der Waals surface area contributed by atoms with Crippen LogP contribution in [-0.4, -0.2) is 19.9 Å². The largest absolute Gasteiger partial charge is 0.361 e. The molecular weight excluding hydrogens is 380 g/mol. The van der Waals surface area contributed by atoms with Crippen LogP contribution in [0.5, 0.6) is 0 Å². The quantitative estimate of drug-likeness (QED) is 0.424. The fourth-order valence-corrected chi connectivity index (χ4v) is 4.75. The summed E-state index contributed by atoms with van der Waals surface area (Å²) in [4.78, 5) is 0. The summed E-state index contributed by atoms with van der Waals surface area (Å²) < 4.78 is 7.73. The van der Waals surface area contributed by atoms with Crippen molar-refractivity contribution in [2.75, 3.05) is 0 Å². The highest BCUT2D eigenvalue weighted by molar-refractivity contribution is 7.98. The number of hydrogen-bond donors (Lipinski definition) is 0. The zero-order chi connectivity index (χ0) is 19.5. The summed E-state index contributed by atoms with van der Waals surface area (Å²) in [6, 6.07) is 20.7. The highest BCUT2D eigenvalue weighted by Gasteiger charge is 2.21. The van der Waals surface area contributed by atoms with Gasteiger partial charge in [-0.1, -0.05) is 65.4 Å². The Hall–Kier alpha value is -2.86. The molecule has 1 aliphatic carbocycles. The Morgan fingerprint density at radius 1 is 0.897 bits per heavy atom. The van der Waals surface area contributed by atoms with Gasteiger partial charge < -0.3 is 4.52 Å². The van der Waals surface area contributed by atoms with Crippen LogP contribution in [0.15, 0.2) is 70.3 Å². The lowest BCUT2D eigenvalue weighted by molar-refractivity contribution is 0.369. The van der Waals surface area contributed by atoms with Crippen LogP contribution in [0.25, 0.3) is 5.69 Å². The SMILES string of the molecule is c1ccc(Cc2nnc(SCc3noc4c3CCCC4)n2-c2ccccc2)cc1. The molecule has 0 amide bonds. The normalized spacial score (nSPS) is 13.4. The smallest absolute Gasteiger partial charge is 0.196 e. The molecule has 2 heterocycles. The van der Waals surface area contributed by atoms with Crippen LogP contribution < -0.4 is 0 Å². The van der Waals surface area contributed by atoms with Crippen LogP contribution in [0, 0.1) is 0 Å². The third-order valence-corrected chi connectivity index (χ3v) is 6.23. The lowest BCUT2D eigenvalue weighted by Crippen LogP contribution is -2.04. The highest BCUT2D eigenvalue weighted by Crippen LogP contribution is 2.30. The van der Waals surface area contributed by atoms with E-state index in [1.54, 1.807) is 11.8 Å². The molecule has 29 heavy (non-hydrogen) atoms. The van der Waals surface area contributed by atoms with Gasteiger partial charge in [0.1, 0.15) is 11.6 Å². The molecule has 2 aromatic carbocycles. The standard InChI is InChI=1S/C23H22N4OS/c1-3-9-17(10-4-1)15-22-24-25-23(27(22)18-11-5-2-6-12-18)29-16-20-19-13-7-8-14-21(19)28-26-20/h1-6,9-12H,7-8,13-16H2. The monoisotopic (exact) mass is 402 g/mol. The molecule has 0 bridgehead atoms. The molecule has 1 aliphatic rings. The maximum atomic E-state index is 5.57. The van der Waals surface area contributed by atoms with Gasteiger partial charge in [-0.25, -0.2) is 0 Å². The first kappa shape index (κ1) is 18.2. The number of aromatic nitrogens is 4. The summed E-state index contributed by atoms with van der Waals surface area (Å²) in [7, 11) is 0. The second-order valence-corrected chi connectivity index (χ2v) is 8.20. The van der Waals surface area contributed by atoms with Gasteiger partial charge in [0.05, 0.1) is 5.69 Å². The average Bonchev–Trinajstić information content (AvgIpc) is 3.37. The number of thioether (sulfide) groups is 1. The van der Waals surface area contributed by atoms with Crippen molar-refractivity contribution in [2.45, 2.75) is 43.0 Å². The fourth-order valence-electron chi connectivity index (χ4n) is 3.82. The number of aryl methyl sites for hydroxylation is 1. The fraction of sp³-hybridized carbons (Fsp3) is 0.261. The molecule has 0 spiro atoms. The van der Waals surface area contributed by atoms with Crippen molar-refractivity contribution in [3.8, 4) is 5.69 Å². The molecular formula is C23H22N4OS. The Morgan fingerprint density at radius 3 is 2.48 bits per heavy atom. The van der Waals surface area contributed by atoms with Gasteiger partial charge in [-0.15, -0.1) is 10.2 Å². The summed E-state index contributed by atoms with van der Waals surface area (Å²) in [6.45, 7) is 0. The number of fused-ring (bicyclic) bond motifs is 1. The molecule has 2 aromatic heterocycles. The third kappa shape index (κ3) is 3.85. The summed E-state index contributed by atoms with van der Waals surface area (Å²) >= 11 is 1.67. The van der Waals surface area contributed by atoms with Crippen LogP contribution in [0.4, 0.5) is 0 Å². The second-order valence-electron chi connectivity index (χ2n) is 7.26. The van der Waals surface area contributed by atoms with Gasteiger partial charge in [-0.3, -0.25) is 4.57 Å². The highest BCUT2D eigenvalue weighted by atomic mass is 32.2. The summed E-state index contributed by atoms with van der Waals surface area (Å²) in [6.07, 6.45) is 5.23. The number of para-hydroxylation sites is 1. The Morgan fingerprint density at radius 2 is 1.66 bits per heavy atom. The predicted molar refractivity (Wildman–Crippen MR) is 113 cm³/mol. The molecule has 0 saturated heterocycles. The minimum absolute atomic E-state index is 0.739. The van der Waals surface area contributed by atoms with E-state index >= 15 is 0 Å². The minimum atomic E-state index is 0.739. The molecule has 4 aromatic rings. The molecule has 0 radical (unpaired) electrons. The average molecular weight is 403 g/mol. The molecule has 0 fully saturated rings. The number of benzene rings is 2. The van der Waals surface area contributed by atoms with Gasteiger partial charge in [0.15, 0.2) is 5.16 Å². The molecule has 6 heteroatoms. The predicted octanol–water partition coefficient (Wildman–Crippen LogP) is 5.02. The lowest BCUT2D eigenvalue weighted by atomic mass is 9.97. The molecule has 5 nitrogen and oxygen atoms in total. The van der Waals surface area contributed by atoms with Gasteiger partial charge >= 0.3 is 0 Å². The van der Waals surface area contributed by atoms with Gasteiger partial charge in [-0.05, 0) is 37.0 Å². The van der Waals surface area contributed by atoms with E-state index in [0.29, 0.717) is 0 Å². The first-order valence-corrected chi connectivity index (χ1v) is 11.0. The van der Waals surface area contributed by atoms with Crippen molar-refractivity contribution in [2.24, 2.45) is 0 Å². The van der Waals surface area contributed by atoms with Crippen molar-refractivity contribution in [1.82, 2.24) is 19.9 Å². The lowest BCUT2D eigenvalue weighted by Gasteiger charge is -2.11. The zero-order valence-corrected chi connectivity index (χ0v) is 16.9. The molecule has 0 aliphatic heterocycles. The van der Waals surface area contributed by atoms with Gasteiger partial charge in [-0.2, -0.15) is 0 Å². The van der Waals surface area contributed by atoms with Gasteiger partial charge in [0.2, 0.25) is 0 Å². The van der Waals surface area contributed by atoms with Gasteiger partial charge in [0, 0.05) is 29.8 Å². The number of rotatable bonds is 6. The molecule has 5 rings (SSSR count). The first-order chi connectivity index (χ1) is 14.4. The number of nitrogens with zero attached hydrogens (tertiary/aromatic N) is 4. The second kappa shape index (κ2) is 8.25. The minimum Gasteiger partial charge on any atom is -0.361 e. The molecule has 0 N–H and O–H groups in total. The Balaban J connectivity index is 1.44. The van der Waals surface area contributed by atoms with E-state index in [-0.39, 0.29) is 0 Å². The van der Waals surface area contributed by atoms with Crippen molar-refractivity contribution < 1.29 is 4.52 Å². The molecule has 0 saturated carbocycles. The maximum Gasteiger partial charge on any atom is 0.196 e. The van der Waals surface area contributed by atoms with Crippen LogP contribution in [-0.2, 0) is 25.0 Å². The zero-order valence-electron chi connectivity index (χ0n) is 16.1. The first-order valence-electron chi connectivity index (χ1n) is 10.0. The van der Waals surface area contributed by atoms with E-state index in [2.05, 4.69) is 56.3 Å². The van der Waals surface area contributed by atoms with Crippen LogP contribution in [0.3, 0.4) is 0 Å². The van der Waals surface area contributed by atoms with E-state index in [0.717, 1.165) is 53.1 Å². The summed E-state index contributed by atoms with van der Waals surface area (Å²) in [5.41, 5.74) is 4.66. The van der Waals surface area contributed by atoms with E-state index < -0.39 is 0 Å². The molecule has 146 valence electrons. The third-order valence-electron chi connectivity index (χ3n) is 5.29. The van der Waals surface area contributed by atoms with Crippen molar-refractivity contribution in [3.63, 3.8) is 0 Å². The van der Waals surface area contributed by atoms with E-state index in [1.807, 2.05) is 24.3 Å². The summed E-state index contributed by atoms with van der Waals surface area (Å²) in [5.74, 6) is 2.75. The Kier molecular flexibility index (Phi) is 5.17. The maximum absolute atomic E-state index is 5.57. The van der Waals surface area contributed by atoms with Crippen molar-refractivity contribution in [3.05, 3.63) is 89.1 Å². The Bertz CT molecular complexity index is 1090. The molecule has 0 unspecified atom stereocenters. The van der Waals surface area contributed by atoms with Crippen LogP contribution in [0.2, 0.25) is 0 Å². The Labute approximate surface area is 174 Å². The van der Waals surface area contributed by atoms with E-state index in [4.69, 9.17) is 4.52 Å². The van der Waals surface area contributed by atoms with Crippen LogP contribution in [0.1, 0.15) is 41.2 Å². The number of hydrogen-bond acceptors (Lipinski definition) is 5. The van der Waals surface area contributed by atoms with E-state index in [1.165, 1.54) is 24.0 Å². The van der Waals surface area contributed by atoms with Crippen molar-refractivity contribution >= 4 is 11.8 Å². The van der Waals surface area contributed by atoms with E-state index in [9.17, 15) is 0 Å². The topological polar surface area (TPSA) is 56.7 Å². The summed E-state index contributed by atoms with van der Waals surface area (Å²) in [5, 5.41) is 14.3. The van der Waals surface area contributed by atoms with Gasteiger partial charge in [0.25, 0.3) is 0 Å². The molecule has 0 atom stereocenters. The van der Waals surface area contributed by atoms with Crippen molar-refractivity contribution in [1.29, 1.82) is 0 Å².